The molecule has 0 radical (unpaired) electrons. The summed E-state index contributed by atoms with van der Waals surface area (Å²) in [5.74, 6) is 0.0654. The van der Waals surface area contributed by atoms with E-state index in [-0.39, 0.29) is 17.9 Å². The van der Waals surface area contributed by atoms with Crippen molar-refractivity contribution >= 4 is 15.9 Å². The SMILES string of the molecule is CN(C1CCN(C(=O)C2CCCCC2(C)N)CC1)S(C)(=O)=O. The van der Waals surface area contributed by atoms with Crippen LogP contribution in [0.2, 0.25) is 0 Å². The molecule has 0 bridgehead atoms. The molecule has 0 aromatic carbocycles. The van der Waals surface area contributed by atoms with E-state index in [1.54, 1.807) is 7.05 Å². The van der Waals surface area contributed by atoms with Crippen molar-refractivity contribution < 1.29 is 13.2 Å². The molecule has 1 saturated carbocycles. The Labute approximate surface area is 134 Å². The first kappa shape index (κ1) is 17.7. The van der Waals surface area contributed by atoms with E-state index in [2.05, 4.69) is 0 Å². The maximum Gasteiger partial charge on any atom is 0.227 e. The van der Waals surface area contributed by atoms with Crippen molar-refractivity contribution in [1.82, 2.24) is 9.21 Å². The molecule has 2 aliphatic rings. The Balaban J connectivity index is 1.95. The summed E-state index contributed by atoms with van der Waals surface area (Å²) in [6.07, 6.45) is 6.55. The van der Waals surface area contributed by atoms with Crippen LogP contribution in [0, 0.1) is 5.92 Å². The number of hydrogen-bond donors (Lipinski definition) is 1. The third-order valence-corrected chi connectivity index (χ3v) is 6.71. The van der Waals surface area contributed by atoms with Gasteiger partial charge in [-0.2, -0.15) is 0 Å². The average molecular weight is 331 g/mol. The molecule has 22 heavy (non-hydrogen) atoms. The molecule has 1 aliphatic carbocycles. The van der Waals surface area contributed by atoms with Gasteiger partial charge in [0.2, 0.25) is 15.9 Å². The summed E-state index contributed by atoms with van der Waals surface area (Å²) in [5, 5.41) is 0. The zero-order valence-electron chi connectivity index (χ0n) is 13.9. The molecule has 1 amide bonds. The maximum absolute atomic E-state index is 12.8. The van der Waals surface area contributed by atoms with Crippen LogP contribution in [0.3, 0.4) is 0 Å². The van der Waals surface area contributed by atoms with Crippen molar-refractivity contribution in [3.05, 3.63) is 0 Å². The van der Waals surface area contributed by atoms with E-state index in [0.717, 1.165) is 25.7 Å². The normalized spacial score (nSPS) is 31.5. The maximum atomic E-state index is 12.8. The van der Waals surface area contributed by atoms with Crippen LogP contribution in [-0.2, 0) is 14.8 Å². The predicted octanol–water partition coefficient (Wildman–Crippen LogP) is 0.776. The van der Waals surface area contributed by atoms with Gasteiger partial charge in [-0.25, -0.2) is 12.7 Å². The number of likely N-dealkylation sites (tertiary alicyclic amines) is 1. The second-order valence-electron chi connectivity index (χ2n) is 7.14. The van der Waals surface area contributed by atoms with E-state index in [9.17, 15) is 13.2 Å². The predicted molar refractivity (Wildman–Crippen MR) is 86.8 cm³/mol. The van der Waals surface area contributed by atoms with Crippen LogP contribution in [0.4, 0.5) is 0 Å². The molecule has 0 spiro atoms. The van der Waals surface area contributed by atoms with Gasteiger partial charge in [0.05, 0.1) is 12.2 Å². The molecule has 1 heterocycles. The minimum atomic E-state index is -3.17. The van der Waals surface area contributed by atoms with Crippen LogP contribution in [0.5, 0.6) is 0 Å². The fraction of sp³-hybridized carbons (Fsp3) is 0.933. The van der Waals surface area contributed by atoms with Gasteiger partial charge in [0.1, 0.15) is 0 Å². The summed E-state index contributed by atoms with van der Waals surface area (Å²) < 4.78 is 24.6. The third-order valence-electron chi connectivity index (χ3n) is 5.37. The minimum Gasteiger partial charge on any atom is -0.342 e. The van der Waals surface area contributed by atoms with Gasteiger partial charge < -0.3 is 10.6 Å². The Morgan fingerprint density at radius 2 is 1.82 bits per heavy atom. The fourth-order valence-corrected chi connectivity index (χ4v) is 4.46. The van der Waals surface area contributed by atoms with Crippen LogP contribution in [0.25, 0.3) is 0 Å². The quantitative estimate of drug-likeness (QED) is 0.828. The zero-order valence-corrected chi connectivity index (χ0v) is 14.7. The minimum absolute atomic E-state index is 0.00494. The van der Waals surface area contributed by atoms with Gasteiger partial charge in [-0.1, -0.05) is 12.8 Å². The number of carbonyl (C=O) groups excluding carboxylic acids is 1. The first-order valence-electron chi connectivity index (χ1n) is 8.13. The van der Waals surface area contributed by atoms with Gasteiger partial charge in [0, 0.05) is 31.7 Å². The third kappa shape index (κ3) is 3.81. The first-order valence-corrected chi connectivity index (χ1v) is 9.98. The number of nitrogens with two attached hydrogens (primary N) is 1. The summed E-state index contributed by atoms with van der Waals surface area (Å²) in [7, 11) is -1.55. The smallest absolute Gasteiger partial charge is 0.227 e. The van der Waals surface area contributed by atoms with Gasteiger partial charge in [0.15, 0.2) is 0 Å². The molecule has 0 aromatic rings. The van der Waals surface area contributed by atoms with E-state index in [1.165, 1.54) is 10.6 Å². The molecule has 2 fully saturated rings. The molecule has 1 saturated heterocycles. The van der Waals surface area contributed by atoms with Crippen LogP contribution in [0.15, 0.2) is 0 Å². The molecule has 2 atom stereocenters. The Morgan fingerprint density at radius 1 is 1.23 bits per heavy atom. The second-order valence-corrected chi connectivity index (χ2v) is 9.18. The van der Waals surface area contributed by atoms with Crippen molar-refractivity contribution in [1.29, 1.82) is 0 Å². The average Bonchev–Trinajstić information content (AvgIpc) is 2.44. The van der Waals surface area contributed by atoms with Crippen molar-refractivity contribution in [2.45, 2.75) is 57.0 Å². The Kier molecular flexibility index (Phi) is 5.19. The topological polar surface area (TPSA) is 83.7 Å². The van der Waals surface area contributed by atoms with Gasteiger partial charge in [0.25, 0.3) is 0 Å². The summed E-state index contributed by atoms with van der Waals surface area (Å²) in [6, 6.07) is -0.00494. The fourth-order valence-electron chi connectivity index (χ4n) is 3.70. The lowest BCUT2D eigenvalue weighted by atomic mass is 9.74. The van der Waals surface area contributed by atoms with E-state index < -0.39 is 15.6 Å². The highest BCUT2D eigenvalue weighted by Gasteiger charge is 2.40. The second kappa shape index (κ2) is 6.45. The molecular weight excluding hydrogens is 302 g/mol. The van der Waals surface area contributed by atoms with Crippen LogP contribution >= 0.6 is 0 Å². The summed E-state index contributed by atoms with van der Waals surface area (Å²) in [6.45, 7) is 3.23. The lowest BCUT2D eigenvalue weighted by molar-refractivity contribution is -0.140. The number of amides is 1. The first-order chi connectivity index (χ1) is 10.1. The number of piperidine rings is 1. The van der Waals surface area contributed by atoms with E-state index >= 15 is 0 Å². The highest BCUT2D eigenvalue weighted by molar-refractivity contribution is 7.88. The van der Waals surface area contributed by atoms with Crippen molar-refractivity contribution in [2.24, 2.45) is 11.7 Å². The van der Waals surface area contributed by atoms with Crippen molar-refractivity contribution in [2.75, 3.05) is 26.4 Å². The standard InChI is InChI=1S/C15H29N3O3S/c1-15(16)9-5-4-6-13(15)14(19)18-10-7-12(8-11-18)17(2)22(3,20)21/h12-13H,4-11,16H2,1-3H3. The summed E-state index contributed by atoms with van der Waals surface area (Å²) >= 11 is 0. The molecule has 2 unspecified atom stereocenters. The number of carbonyl (C=O) groups is 1. The van der Waals surface area contributed by atoms with E-state index in [1.807, 2.05) is 11.8 Å². The van der Waals surface area contributed by atoms with Gasteiger partial charge in [-0.05, 0) is 32.6 Å². The molecule has 6 nitrogen and oxygen atoms in total. The van der Waals surface area contributed by atoms with Crippen molar-refractivity contribution in [3.8, 4) is 0 Å². The van der Waals surface area contributed by atoms with Crippen LogP contribution in [0.1, 0.15) is 45.4 Å². The molecule has 0 aromatic heterocycles. The Morgan fingerprint density at radius 3 is 2.32 bits per heavy atom. The number of hydrogen-bond acceptors (Lipinski definition) is 4. The molecule has 1 aliphatic heterocycles. The number of sulfonamides is 1. The highest BCUT2D eigenvalue weighted by Crippen LogP contribution is 2.33. The molecule has 2 N–H and O–H groups in total. The van der Waals surface area contributed by atoms with Gasteiger partial charge >= 0.3 is 0 Å². The molecule has 128 valence electrons. The Hall–Kier alpha value is -0.660. The van der Waals surface area contributed by atoms with E-state index in [4.69, 9.17) is 5.73 Å². The van der Waals surface area contributed by atoms with Gasteiger partial charge in [-0.3, -0.25) is 4.79 Å². The summed E-state index contributed by atoms with van der Waals surface area (Å²) in [5.41, 5.74) is 5.92. The molecular formula is C15H29N3O3S. The lowest BCUT2D eigenvalue weighted by Gasteiger charge is -2.42. The Bertz CT molecular complexity index is 510. The number of rotatable bonds is 3. The largest absolute Gasteiger partial charge is 0.342 e. The van der Waals surface area contributed by atoms with Gasteiger partial charge in [-0.15, -0.1) is 0 Å². The summed E-state index contributed by atoms with van der Waals surface area (Å²) in [4.78, 5) is 14.6. The lowest BCUT2D eigenvalue weighted by Crippen LogP contribution is -2.56. The van der Waals surface area contributed by atoms with Crippen LogP contribution < -0.4 is 5.73 Å². The number of nitrogens with zero attached hydrogens (tertiary/aromatic N) is 2. The zero-order chi connectivity index (χ0) is 16.5. The van der Waals surface area contributed by atoms with Crippen LogP contribution in [-0.4, -0.2) is 61.5 Å². The molecule has 7 heteroatoms. The van der Waals surface area contributed by atoms with Crippen molar-refractivity contribution in [3.63, 3.8) is 0 Å². The van der Waals surface area contributed by atoms with E-state index in [0.29, 0.717) is 25.9 Å². The molecule has 2 rings (SSSR count). The highest BCUT2D eigenvalue weighted by atomic mass is 32.2. The monoisotopic (exact) mass is 331 g/mol.